The summed E-state index contributed by atoms with van der Waals surface area (Å²) in [6.07, 6.45) is 2.86. The van der Waals surface area contributed by atoms with Crippen molar-refractivity contribution in [2.24, 2.45) is 0 Å². The Kier molecular flexibility index (Phi) is 4.62. The van der Waals surface area contributed by atoms with Gasteiger partial charge in [0.05, 0.1) is 11.9 Å². The minimum absolute atomic E-state index is 0.137. The largest absolute Gasteiger partial charge is 0.454 e. The van der Waals surface area contributed by atoms with Crippen LogP contribution in [0.1, 0.15) is 11.1 Å². The van der Waals surface area contributed by atoms with E-state index in [1.807, 2.05) is 43.3 Å². The Bertz CT molecular complexity index is 1360. The van der Waals surface area contributed by atoms with Gasteiger partial charge in [-0.05, 0) is 36.2 Å². The van der Waals surface area contributed by atoms with E-state index < -0.39 is 0 Å². The lowest BCUT2D eigenvalue weighted by Gasteiger charge is -2.09. The summed E-state index contributed by atoms with van der Waals surface area (Å²) in [5, 5.41) is 7.49. The molecule has 31 heavy (non-hydrogen) atoms. The number of hydrogen-bond donors (Lipinski definition) is 1. The minimum Gasteiger partial charge on any atom is -0.454 e. The second-order valence-electron chi connectivity index (χ2n) is 7.22. The summed E-state index contributed by atoms with van der Waals surface area (Å²) in [4.78, 5) is 29.6. The number of carbonyl (C=O) groups excluding carboxylic acids is 1. The molecule has 0 unspecified atom stereocenters. The van der Waals surface area contributed by atoms with Crippen LogP contribution in [0.15, 0.2) is 59.8 Å². The molecule has 0 fully saturated rings. The number of nitrogens with zero attached hydrogens (tertiary/aromatic N) is 4. The Morgan fingerprint density at radius 2 is 2.00 bits per heavy atom. The van der Waals surface area contributed by atoms with Gasteiger partial charge in [-0.15, -0.1) is 0 Å². The molecule has 2 aromatic heterocycles. The van der Waals surface area contributed by atoms with Crippen LogP contribution in [-0.4, -0.2) is 32.0 Å². The first-order valence-electron chi connectivity index (χ1n) is 9.74. The summed E-state index contributed by atoms with van der Waals surface area (Å²) in [5.41, 5.74) is 2.88. The van der Waals surface area contributed by atoms with E-state index in [1.54, 1.807) is 10.7 Å². The van der Waals surface area contributed by atoms with Gasteiger partial charge in [0.1, 0.15) is 18.3 Å². The number of fused-ring (bicyclic) bond motifs is 2. The maximum atomic E-state index is 12.9. The highest BCUT2D eigenvalue weighted by atomic mass is 16.7. The van der Waals surface area contributed by atoms with Gasteiger partial charge in [0.25, 0.3) is 5.56 Å². The van der Waals surface area contributed by atoms with Gasteiger partial charge in [0.2, 0.25) is 12.7 Å². The number of rotatable bonds is 5. The lowest BCUT2D eigenvalue weighted by molar-refractivity contribution is -0.121. The van der Waals surface area contributed by atoms with Crippen LogP contribution in [0.4, 0.5) is 0 Å². The van der Waals surface area contributed by atoms with Crippen LogP contribution in [0.25, 0.3) is 16.7 Å². The lowest BCUT2D eigenvalue weighted by atomic mass is 10.2. The molecule has 156 valence electrons. The van der Waals surface area contributed by atoms with E-state index in [1.165, 1.54) is 17.1 Å². The van der Waals surface area contributed by atoms with Gasteiger partial charge in [-0.2, -0.15) is 5.10 Å². The van der Waals surface area contributed by atoms with Crippen molar-refractivity contribution in [2.75, 3.05) is 6.79 Å². The maximum Gasteiger partial charge on any atom is 0.264 e. The van der Waals surface area contributed by atoms with Gasteiger partial charge >= 0.3 is 0 Å². The number of nitrogens with one attached hydrogen (secondary N) is 1. The third-order valence-corrected chi connectivity index (χ3v) is 5.14. The molecule has 1 aliphatic heterocycles. The summed E-state index contributed by atoms with van der Waals surface area (Å²) in [6, 6.07) is 13.2. The summed E-state index contributed by atoms with van der Waals surface area (Å²) in [5.74, 6) is 1.04. The Hall–Kier alpha value is -4.14. The van der Waals surface area contributed by atoms with Crippen molar-refractivity contribution in [3.05, 3.63) is 76.5 Å². The zero-order chi connectivity index (χ0) is 21.4. The molecule has 0 bridgehead atoms. The SMILES string of the molecule is Cc1ccccc1-n1ncc2c(=O)n(CC(=O)NCc3ccc4c(c3)OCO4)cnc21. The van der Waals surface area contributed by atoms with Gasteiger partial charge < -0.3 is 14.8 Å². The molecule has 9 heteroatoms. The third-order valence-electron chi connectivity index (χ3n) is 5.14. The molecule has 0 saturated heterocycles. The number of aryl methyl sites for hydroxylation is 1. The fraction of sp³-hybridized carbons (Fsp3) is 0.182. The van der Waals surface area contributed by atoms with Gasteiger partial charge in [0.15, 0.2) is 17.1 Å². The number of ether oxygens (including phenoxy) is 2. The minimum atomic E-state index is -0.317. The van der Waals surface area contributed by atoms with Gasteiger partial charge in [-0.1, -0.05) is 24.3 Å². The zero-order valence-electron chi connectivity index (χ0n) is 16.7. The molecule has 4 aromatic rings. The highest BCUT2D eigenvalue weighted by Gasteiger charge is 2.15. The predicted octanol–water partition coefficient (Wildman–Crippen LogP) is 1.94. The smallest absolute Gasteiger partial charge is 0.264 e. The number of benzene rings is 2. The van der Waals surface area contributed by atoms with Crippen LogP contribution in [0.3, 0.4) is 0 Å². The normalized spacial score (nSPS) is 12.3. The van der Waals surface area contributed by atoms with Crippen LogP contribution < -0.4 is 20.3 Å². The molecular weight excluding hydrogens is 398 g/mol. The second kappa shape index (κ2) is 7.60. The molecule has 0 spiro atoms. The summed E-state index contributed by atoms with van der Waals surface area (Å²) >= 11 is 0. The molecule has 0 saturated carbocycles. The van der Waals surface area contributed by atoms with Crippen molar-refractivity contribution >= 4 is 16.9 Å². The van der Waals surface area contributed by atoms with Crippen molar-refractivity contribution in [3.63, 3.8) is 0 Å². The molecule has 1 amide bonds. The van der Waals surface area contributed by atoms with Crippen LogP contribution in [-0.2, 0) is 17.9 Å². The lowest BCUT2D eigenvalue weighted by Crippen LogP contribution is -2.32. The van der Waals surface area contributed by atoms with Crippen molar-refractivity contribution in [1.82, 2.24) is 24.6 Å². The van der Waals surface area contributed by atoms with Gasteiger partial charge in [-0.3, -0.25) is 14.2 Å². The molecule has 1 N–H and O–H groups in total. The van der Waals surface area contributed by atoms with E-state index in [-0.39, 0.29) is 24.8 Å². The van der Waals surface area contributed by atoms with Crippen LogP contribution in [0.5, 0.6) is 11.5 Å². The predicted molar refractivity (Wildman–Crippen MR) is 112 cm³/mol. The number of para-hydroxylation sites is 1. The monoisotopic (exact) mass is 417 g/mol. The summed E-state index contributed by atoms with van der Waals surface area (Å²) < 4.78 is 13.5. The van der Waals surface area contributed by atoms with E-state index in [2.05, 4.69) is 15.4 Å². The number of amides is 1. The Morgan fingerprint density at radius 1 is 1.16 bits per heavy atom. The Balaban J connectivity index is 1.32. The molecule has 5 rings (SSSR count). The fourth-order valence-corrected chi connectivity index (χ4v) is 3.50. The average molecular weight is 417 g/mol. The van der Waals surface area contributed by atoms with Crippen molar-refractivity contribution in [2.45, 2.75) is 20.0 Å². The Morgan fingerprint density at radius 3 is 2.87 bits per heavy atom. The van der Waals surface area contributed by atoms with E-state index in [4.69, 9.17) is 9.47 Å². The first-order chi connectivity index (χ1) is 15.1. The molecule has 2 aromatic carbocycles. The third kappa shape index (κ3) is 3.50. The van der Waals surface area contributed by atoms with Crippen LogP contribution in [0.2, 0.25) is 0 Å². The van der Waals surface area contributed by atoms with Crippen LogP contribution >= 0.6 is 0 Å². The molecule has 0 aliphatic carbocycles. The first-order valence-corrected chi connectivity index (χ1v) is 9.74. The highest BCUT2D eigenvalue weighted by Crippen LogP contribution is 2.32. The topological polar surface area (TPSA) is 100 Å². The average Bonchev–Trinajstić information content (AvgIpc) is 3.41. The quantitative estimate of drug-likeness (QED) is 0.533. The molecule has 9 nitrogen and oxygen atoms in total. The van der Waals surface area contributed by atoms with Gasteiger partial charge in [-0.25, -0.2) is 9.67 Å². The molecule has 0 radical (unpaired) electrons. The molecule has 1 aliphatic rings. The molecular formula is C22H19N5O4. The number of hydrogen-bond acceptors (Lipinski definition) is 6. The van der Waals surface area contributed by atoms with Crippen molar-refractivity contribution in [1.29, 1.82) is 0 Å². The van der Waals surface area contributed by atoms with E-state index in [0.29, 0.717) is 29.1 Å². The fourth-order valence-electron chi connectivity index (χ4n) is 3.50. The molecule has 3 heterocycles. The number of carbonyl (C=O) groups is 1. The summed E-state index contributed by atoms with van der Waals surface area (Å²) in [6.45, 7) is 2.34. The first kappa shape index (κ1) is 18.9. The standard InChI is InChI=1S/C22H19N5O4/c1-14-4-2-3-5-17(14)27-21-16(10-25-27)22(29)26(12-24-21)11-20(28)23-9-15-6-7-18-19(8-15)31-13-30-18/h2-8,10,12H,9,11,13H2,1H3,(H,23,28). The Labute approximate surface area is 176 Å². The number of aromatic nitrogens is 4. The van der Waals surface area contributed by atoms with Crippen molar-refractivity contribution < 1.29 is 14.3 Å². The zero-order valence-corrected chi connectivity index (χ0v) is 16.7. The van der Waals surface area contributed by atoms with Crippen molar-refractivity contribution in [3.8, 4) is 17.2 Å². The van der Waals surface area contributed by atoms with E-state index in [0.717, 1.165) is 16.8 Å². The second-order valence-corrected chi connectivity index (χ2v) is 7.22. The van der Waals surface area contributed by atoms with Gasteiger partial charge in [0, 0.05) is 6.54 Å². The van der Waals surface area contributed by atoms with Crippen LogP contribution in [0, 0.1) is 6.92 Å². The summed E-state index contributed by atoms with van der Waals surface area (Å²) in [7, 11) is 0. The molecule has 0 atom stereocenters. The van der Waals surface area contributed by atoms with E-state index in [9.17, 15) is 9.59 Å². The maximum absolute atomic E-state index is 12.9. The van der Waals surface area contributed by atoms with E-state index >= 15 is 0 Å². The highest BCUT2D eigenvalue weighted by molar-refractivity contribution is 5.78.